The second-order valence-corrected chi connectivity index (χ2v) is 4.84. The van der Waals surface area contributed by atoms with E-state index in [0.717, 1.165) is 11.3 Å². The Morgan fingerprint density at radius 1 is 1.38 bits per heavy atom. The third-order valence-corrected chi connectivity index (χ3v) is 3.26. The molecule has 0 aliphatic carbocycles. The molecule has 0 saturated carbocycles. The minimum atomic E-state index is -0.411. The Labute approximate surface area is 99.4 Å². The third kappa shape index (κ3) is 3.83. The predicted molar refractivity (Wildman–Crippen MR) is 64.4 cm³/mol. The second-order valence-electron chi connectivity index (χ2n) is 4.03. The zero-order valence-corrected chi connectivity index (χ0v) is 10.4. The zero-order chi connectivity index (χ0) is 12.2. The maximum atomic E-state index is 10.4. The van der Waals surface area contributed by atoms with Crippen LogP contribution in [0, 0.1) is 10.1 Å². The number of rotatable bonds is 5. The standard InChI is InChI=1S/C11H15NO3S/c1-4-11(2,3)15-16-10-7-5-9(6-8-10)12(13)14/h5-8H,4H2,1-3H3. The van der Waals surface area contributed by atoms with Crippen LogP contribution in [0.25, 0.3) is 0 Å². The van der Waals surface area contributed by atoms with Gasteiger partial charge in [-0.25, -0.2) is 0 Å². The first kappa shape index (κ1) is 13.0. The van der Waals surface area contributed by atoms with Crippen molar-refractivity contribution in [3.05, 3.63) is 34.4 Å². The van der Waals surface area contributed by atoms with Gasteiger partial charge < -0.3 is 4.18 Å². The summed E-state index contributed by atoms with van der Waals surface area (Å²) in [5, 5.41) is 10.4. The lowest BCUT2D eigenvalue weighted by Gasteiger charge is -2.21. The normalized spacial score (nSPS) is 11.4. The molecule has 0 aliphatic rings. The van der Waals surface area contributed by atoms with Crippen molar-refractivity contribution >= 4 is 17.7 Å². The van der Waals surface area contributed by atoms with Crippen LogP contribution < -0.4 is 0 Å². The quantitative estimate of drug-likeness (QED) is 0.447. The maximum Gasteiger partial charge on any atom is 0.269 e. The van der Waals surface area contributed by atoms with E-state index in [2.05, 4.69) is 6.92 Å². The number of non-ortho nitro benzene ring substituents is 1. The Morgan fingerprint density at radius 3 is 2.38 bits per heavy atom. The molecule has 88 valence electrons. The van der Waals surface area contributed by atoms with Gasteiger partial charge in [-0.05, 0) is 32.4 Å². The van der Waals surface area contributed by atoms with Gasteiger partial charge in [0.15, 0.2) is 0 Å². The summed E-state index contributed by atoms with van der Waals surface area (Å²) in [5.74, 6) is 0. The molecule has 4 nitrogen and oxygen atoms in total. The average Bonchev–Trinajstić information content (AvgIpc) is 2.27. The predicted octanol–water partition coefficient (Wildman–Crippen LogP) is 3.81. The number of nitrogens with zero attached hydrogens (tertiary/aromatic N) is 1. The fraction of sp³-hybridized carbons (Fsp3) is 0.455. The third-order valence-electron chi connectivity index (χ3n) is 2.26. The van der Waals surface area contributed by atoms with Gasteiger partial charge in [0, 0.05) is 29.1 Å². The Morgan fingerprint density at radius 2 is 1.94 bits per heavy atom. The van der Waals surface area contributed by atoms with Crippen LogP contribution >= 0.6 is 12.0 Å². The van der Waals surface area contributed by atoms with Crippen LogP contribution in [0.4, 0.5) is 5.69 Å². The van der Waals surface area contributed by atoms with Crippen LogP contribution in [0.1, 0.15) is 27.2 Å². The summed E-state index contributed by atoms with van der Waals surface area (Å²) < 4.78 is 5.61. The van der Waals surface area contributed by atoms with Crippen LogP contribution in [-0.4, -0.2) is 10.5 Å². The number of hydrogen-bond acceptors (Lipinski definition) is 4. The molecule has 1 aromatic rings. The minimum Gasteiger partial charge on any atom is -0.304 e. The molecule has 1 aromatic carbocycles. The molecule has 0 unspecified atom stereocenters. The molecule has 0 heterocycles. The van der Waals surface area contributed by atoms with Crippen LogP contribution in [0.2, 0.25) is 0 Å². The van der Waals surface area contributed by atoms with Gasteiger partial charge >= 0.3 is 0 Å². The maximum absolute atomic E-state index is 10.4. The van der Waals surface area contributed by atoms with Crippen molar-refractivity contribution in [3.8, 4) is 0 Å². The van der Waals surface area contributed by atoms with Gasteiger partial charge in [-0.1, -0.05) is 6.92 Å². The molecule has 0 aliphatic heterocycles. The monoisotopic (exact) mass is 241 g/mol. The summed E-state index contributed by atoms with van der Waals surface area (Å²) in [5.41, 5.74) is -0.0917. The first-order chi connectivity index (χ1) is 7.44. The van der Waals surface area contributed by atoms with Crippen molar-refractivity contribution in [2.75, 3.05) is 0 Å². The Hall–Kier alpha value is -1.07. The highest BCUT2D eigenvalue weighted by molar-refractivity contribution is 7.94. The van der Waals surface area contributed by atoms with Gasteiger partial charge in [-0.15, -0.1) is 0 Å². The van der Waals surface area contributed by atoms with Gasteiger partial charge in [0.25, 0.3) is 5.69 Å². The molecular weight excluding hydrogens is 226 g/mol. The van der Waals surface area contributed by atoms with Gasteiger partial charge in [-0.3, -0.25) is 10.1 Å². The molecule has 0 bridgehead atoms. The number of benzene rings is 1. The lowest BCUT2D eigenvalue weighted by Crippen LogP contribution is -2.19. The molecule has 0 radical (unpaired) electrons. The SMILES string of the molecule is CCC(C)(C)OSc1ccc([N+](=O)[O-])cc1. The molecule has 0 spiro atoms. The minimum absolute atomic E-state index is 0.0964. The number of nitro groups is 1. The van der Waals surface area contributed by atoms with Gasteiger partial charge in [0.05, 0.1) is 10.5 Å². The summed E-state index contributed by atoms with van der Waals surface area (Å²) in [6.07, 6.45) is 0.910. The topological polar surface area (TPSA) is 52.4 Å². The molecule has 1 rings (SSSR count). The number of nitro benzene ring substituents is 1. The average molecular weight is 241 g/mol. The van der Waals surface area contributed by atoms with E-state index in [4.69, 9.17) is 4.18 Å². The number of hydrogen-bond donors (Lipinski definition) is 0. The molecule has 0 saturated heterocycles. The van der Waals surface area contributed by atoms with Crippen LogP contribution in [0.15, 0.2) is 29.2 Å². The molecule has 0 aromatic heterocycles. The van der Waals surface area contributed by atoms with Crippen molar-refractivity contribution in [2.45, 2.75) is 37.7 Å². The summed E-state index contributed by atoms with van der Waals surface area (Å²) in [6.45, 7) is 6.06. The van der Waals surface area contributed by atoms with E-state index < -0.39 is 4.92 Å². The van der Waals surface area contributed by atoms with E-state index in [1.165, 1.54) is 24.2 Å². The Bertz CT molecular complexity index is 362. The lowest BCUT2D eigenvalue weighted by atomic mass is 10.1. The van der Waals surface area contributed by atoms with Crippen LogP contribution in [-0.2, 0) is 4.18 Å². The molecule has 0 atom stereocenters. The summed E-state index contributed by atoms with van der Waals surface area (Å²) in [4.78, 5) is 10.9. The van der Waals surface area contributed by atoms with Gasteiger partial charge in [0.2, 0.25) is 0 Å². The second kappa shape index (κ2) is 5.32. The van der Waals surface area contributed by atoms with Crippen molar-refractivity contribution in [1.29, 1.82) is 0 Å². The van der Waals surface area contributed by atoms with Crippen molar-refractivity contribution < 1.29 is 9.11 Å². The summed E-state index contributed by atoms with van der Waals surface area (Å²) in [7, 11) is 0. The van der Waals surface area contributed by atoms with E-state index in [1.807, 2.05) is 13.8 Å². The summed E-state index contributed by atoms with van der Waals surface area (Å²) >= 11 is 1.25. The van der Waals surface area contributed by atoms with Gasteiger partial charge in [0.1, 0.15) is 0 Å². The first-order valence-electron chi connectivity index (χ1n) is 5.05. The highest BCUT2D eigenvalue weighted by Gasteiger charge is 2.16. The largest absolute Gasteiger partial charge is 0.304 e. The summed E-state index contributed by atoms with van der Waals surface area (Å²) in [6, 6.07) is 6.33. The van der Waals surface area contributed by atoms with E-state index in [0.29, 0.717) is 0 Å². The Balaban J connectivity index is 2.59. The van der Waals surface area contributed by atoms with Gasteiger partial charge in [-0.2, -0.15) is 0 Å². The highest BCUT2D eigenvalue weighted by atomic mass is 32.2. The molecule has 0 fully saturated rings. The molecular formula is C11H15NO3S. The highest BCUT2D eigenvalue weighted by Crippen LogP contribution is 2.28. The molecule has 0 amide bonds. The van der Waals surface area contributed by atoms with Crippen molar-refractivity contribution in [1.82, 2.24) is 0 Å². The van der Waals surface area contributed by atoms with E-state index in [-0.39, 0.29) is 11.3 Å². The molecule has 0 N–H and O–H groups in total. The molecule has 16 heavy (non-hydrogen) atoms. The van der Waals surface area contributed by atoms with E-state index in [9.17, 15) is 10.1 Å². The lowest BCUT2D eigenvalue weighted by molar-refractivity contribution is -0.384. The van der Waals surface area contributed by atoms with E-state index >= 15 is 0 Å². The molecule has 5 heteroatoms. The van der Waals surface area contributed by atoms with Crippen molar-refractivity contribution in [3.63, 3.8) is 0 Å². The first-order valence-corrected chi connectivity index (χ1v) is 5.79. The van der Waals surface area contributed by atoms with Crippen LogP contribution in [0.5, 0.6) is 0 Å². The fourth-order valence-corrected chi connectivity index (χ4v) is 1.53. The zero-order valence-electron chi connectivity index (χ0n) is 9.60. The van der Waals surface area contributed by atoms with Crippen LogP contribution in [0.3, 0.4) is 0 Å². The smallest absolute Gasteiger partial charge is 0.269 e. The fourth-order valence-electron chi connectivity index (χ4n) is 0.843. The van der Waals surface area contributed by atoms with E-state index in [1.54, 1.807) is 12.1 Å². The van der Waals surface area contributed by atoms with Crippen molar-refractivity contribution in [2.24, 2.45) is 0 Å². The Kier molecular flexibility index (Phi) is 4.32.